The Morgan fingerprint density at radius 2 is 2.00 bits per heavy atom. The highest BCUT2D eigenvalue weighted by Crippen LogP contribution is 2.13. The normalized spacial score (nSPS) is 25.7. The fourth-order valence-corrected chi connectivity index (χ4v) is 3.09. The number of likely N-dealkylation sites (tertiary alicyclic amines) is 2. The van der Waals surface area contributed by atoms with Crippen molar-refractivity contribution in [3.63, 3.8) is 0 Å². The lowest BCUT2D eigenvalue weighted by Gasteiger charge is -2.35. The number of nitrogens with zero attached hydrogens (tertiary/aromatic N) is 2. The van der Waals surface area contributed by atoms with Gasteiger partial charge >= 0.3 is 6.03 Å². The molecule has 2 saturated heterocycles. The SMILES string of the molecule is CCCCN1CCC(NC(=O)N2CCCC(O)C2)CC1. The Labute approximate surface area is 122 Å². The summed E-state index contributed by atoms with van der Waals surface area (Å²) in [7, 11) is 0. The number of unbranched alkanes of at least 4 members (excludes halogenated alkanes) is 1. The van der Waals surface area contributed by atoms with Crippen LogP contribution in [0.2, 0.25) is 0 Å². The van der Waals surface area contributed by atoms with Gasteiger partial charge in [0.25, 0.3) is 0 Å². The molecule has 2 fully saturated rings. The van der Waals surface area contributed by atoms with Crippen molar-refractivity contribution in [2.24, 2.45) is 0 Å². The van der Waals surface area contributed by atoms with E-state index in [0.29, 0.717) is 12.6 Å². The van der Waals surface area contributed by atoms with Gasteiger partial charge in [-0.1, -0.05) is 13.3 Å². The zero-order chi connectivity index (χ0) is 14.4. The lowest BCUT2D eigenvalue weighted by atomic mass is 10.0. The van der Waals surface area contributed by atoms with Crippen LogP contribution in [0, 0.1) is 0 Å². The Bertz CT molecular complexity index is 303. The molecule has 20 heavy (non-hydrogen) atoms. The molecule has 1 atom stereocenters. The number of hydrogen-bond donors (Lipinski definition) is 2. The minimum atomic E-state index is -0.342. The van der Waals surface area contributed by atoms with Crippen molar-refractivity contribution >= 4 is 6.03 Å². The maximum Gasteiger partial charge on any atom is 0.317 e. The molecule has 0 aliphatic carbocycles. The molecule has 0 saturated carbocycles. The molecule has 0 aromatic heterocycles. The molecule has 0 radical (unpaired) electrons. The second-order valence-corrected chi connectivity index (χ2v) is 6.16. The molecule has 2 rings (SSSR count). The van der Waals surface area contributed by atoms with E-state index in [1.165, 1.54) is 19.4 Å². The number of urea groups is 1. The first-order chi connectivity index (χ1) is 9.69. The van der Waals surface area contributed by atoms with Crippen LogP contribution in [0.3, 0.4) is 0 Å². The van der Waals surface area contributed by atoms with Crippen molar-refractivity contribution in [2.45, 2.75) is 57.6 Å². The van der Waals surface area contributed by atoms with Crippen LogP contribution < -0.4 is 5.32 Å². The summed E-state index contributed by atoms with van der Waals surface area (Å²) in [6, 6.07) is 0.315. The number of aliphatic hydroxyl groups is 1. The zero-order valence-electron chi connectivity index (χ0n) is 12.7. The Kier molecular flexibility index (Phi) is 6.10. The lowest BCUT2D eigenvalue weighted by Crippen LogP contribution is -2.52. The quantitative estimate of drug-likeness (QED) is 0.820. The largest absolute Gasteiger partial charge is 0.391 e. The number of carbonyl (C=O) groups is 1. The number of nitrogens with one attached hydrogen (secondary N) is 1. The smallest absolute Gasteiger partial charge is 0.317 e. The average Bonchev–Trinajstić information content (AvgIpc) is 2.46. The van der Waals surface area contributed by atoms with Crippen molar-refractivity contribution in [3.8, 4) is 0 Å². The topological polar surface area (TPSA) is 55.8 Å². The fraction of sp³-hybridized carbons (Fsp3) is 0.933. The summed E-state index contributed by atoms with van der Waals surface area (Å²) in [5.74, 6) is 0. The molecular weight excluding hydrogens is 254 g/mol. The molecule has 116 valence electrons. The van der Waals surface area contributed by atoms with Crippen molar-refractivity contribution in [1.82, 2.24) is 15.1 Å². The molecule has 0 aromatic rings. The van der Waals surface area contributed by atoms with Crippen LogP contribution in [0.5, 0.6) is 0 Å². The van der Waals surface area contributed by atoms with Gasteiger partial charge in [-0.3, -0.25) is 0 Å². The lowest BCUT2D eigenvalue weighted by molar-refractivity contribution is 0.0818. The van der Waals surface area contributed by atoms with Crippen LogP contribution >= 0.6 is 0 Å². The molecule has 2 aliphatic heterocycles. The van der Waals surface area contributed by atoms with E-state index in [9.17, 15) is 9.90 Å². The van der Waals surface area contributed by atoms with E-state index in [1.807, 2.05) is 0 Å². The van der Waals surface area contributed by atoms with Gasteiger partial charge in [0.2, 0.25) is 0 Å². The van der Waals surface area contributed by atoms with Gasteiger partial charge in [-0.2, -0.15) is 0 Å². The van der Waals surface area contributed by atoms with Gasteiger partial charge < -0.3 is 20.2 Å². The van der Waals surface area contributed by atoms with Crippen LogP contribution in [0.15, 0.2) is 0 Å². The Hall–Kier alpha value is -0.810. The van der Waals surface area contributed by atoms with Gasteiger partial charge in [0, 0.05) is 32.2 Å². The molecule has 2 N–H and O–H groups in total. The number of carbonyl (C=O) groups excluding carboxylic acids is 1. The highest BCUT2D eigenvalue weighted by atomic mass is 16.3. The van der Waals surface area contributed by atoms with Crippen LogP contribution in [-0.2, 0) is 0 Å². The van der Waals surface area contributed by atoms with Crippen molar-refractivity contribution < 1.29 is 9.90 Å². The van der Waals surface area contributed by atoms with Crippen molar-refractivity contribution in [1.29, 1.82) is 0 Å². The fourth-order valence-electron chi connectivity index (χ4n) is 3.09. The molecule has 5 nitrogen and oxygen atoms in total. The average molecular weight is 283 g/mol. The summed E-state index contributed by atoms with van der Waals surface area (Å²) in [4.78, 5) is 16.4. The van der Waals surface area contributed by atoms with Crippen LogP contribution in [-0.4, -0.2) is 65.8 Å². The Morgan fingerprint density at radius 1 is 1.25 bits per heavy atom. The van der Waals surface area contributed by atoms with E-state index in [1.54, 1.807) is 4.90 Å². The second kappa shape index (κ2) is 7.84. The highest BCUT2D eigenvalue weighted by molar-refractivity contribution is 5.74. The molecule has 0 aromatic carbocycles. The van der Waals surface area contributed by atoms with Crippen LogP contribution in [0.25, 0.3) is 0 Å². The van der Waals surface area contributed by atoms with E-state index in [-0.39, 0.29) is 12.1 Å². The zero-order valence-corrected chi connectivity index (χ0v) is 12.7. The summed E-state index contributed by atoms with van der Waals surface area (Å²) in [6.45, 7) is 6.86. The summed E-state index contributed by atoms with van der Waals surface area (Å²) in [5.41, 5.74) is 0. The van der Waals surface area contributed by atoms with Gasteiger partial charge in [0.15, 0.2) is 0 Å². The summed E-state index contributed by atoms with van der Waals surface area (Å²) >= 11 is 0. The molecule has 2 heterocycles. The Morgan fingerprint density at radius 3 is 2.65 bits per heavy atom. The highest BCUT2D eigenvalue weighted by Gasteiger charge is 2.25. The minimum absolute atomic E-state index is 0.00996. The number of rotatable bonds is 4. The van der Waals surface area contributed by atoms with E-state index in [4.69, 9.17) is 0 Å². The molecule has 0 spiro atoms. The molecule has 1 unspecified atom stereocenters. The van der Waals surface area contributed by atoms with Gasteiger partial charge in [-0.25, -0.2) is 4.79 Å². The number of hydrogen-bond acceptors (Lipinski definition) is 3. The monoisotopic (exact) mass is 283 g/mol. The number of piperidine rings is 2. The predicted molar refractivity (Wildman–Crippen MR) is 79.7 cm³/mol. The van der Waals surface area contributed by atoms with Gasteiger partial charge in [-0.15, -0.1) is 0 Å². The van der Waals surface area contributed by atoms with E-state index in [0.717, 1.165) is 45.3 Å². The maximum absolute atomic E-state index is 12.2. The van der Waals surface area contributed by atoms with Gasteiger partial charge in [0.05, 0.1) is 6.10 Å². The molecule has 0 bridgehead atoms. The number of amides is 2. The molecule has 2 aliphatic rings. The van der Waals surface area contributed by atoms with Crippen LogP contribution in [0.4, 0.5) is 4.79 Å². The summed E-state index contributed by atoms with van der Waals surface area (Å²) in [6.07, 6.45) is 5.99. The second-order valence-electron chi connectivity index (χ2n) is 6.16. The third-order valence-corrected chi connectivity index (χ3v) is 4.43. The minimum Gasteiger partial charge on any atom is -0.391 e. The number of aliphatic hydroxyl groups excluding tert-OH is 1. The summed E-state index contributed by atoms with van der Waals surface area (Å²) < 4.78 is 0. The first kappa shape index (κ1) is 15.6. The third kappa shape index (κ3) is 4.63. The van der Waals surface area contributed by atoms with Gasteiger partial charge in [0.1, 0.15) is 0 Å². The standard InChI is InChI=1S/C15H29N3O2/c1-2-3-8-17-10-6-13(7-11-17)16-15(20)18-9-4-5-14(19)12-18/h13-14,19H,2-12H2,1H3,(H,16,20). The van der Waals surface area contributed by atoms with Crippen LogP contribution in [0.1, 0.15) is 45.4 Å². The van der Waals surface area contributed by atoms with Gasteiger partial charge in [-0.05, 0) is 38.6 Å². The Balaban J connectivity index is 1.68. The predicted octanol–water partition coefficient (Wildman–Crippen LogP) is 1.42. The van der Waals surface area contributed by atoms with Crippen molar-refractivity contribution in [2.75, 3.05) is 32.7 Å². The van der Waals surface area contributed by atoms with E-state index in [2.05, 4.69) is 17.1 Å². The first-order valence-electron chi connectivity index (χ1n) is 8.15. The molecular formula is C15H29N3O2. The summed E-state index contributed by atoms with van der Waals surface area (Å²) in [5, 5.41) is 12.8. The van der Waals surface area contributed by atoms with Crippen molar-refractivity contribution in [3.05, 3.63) is 0 Å². The third-order valence-electron chi connectivity index (χ3n) is 4.43. The molecule has 2 amide bonds. The first-order valence-corrected chi connectivity index (χ1v) is 8.15. The maximum atomic E-state index is 12.2. The number of β-amino-alcohol motifs (C(OH)–C–C–N with tert-alkyl or cyclic N) is 1. The van der Waals surface area contributed by atoms with E-state index >= 15 is 0 Å². The van der Waals surface area contributed by atoms with E-state index < -0.39 is 0 Å². The molecule has 5 heteroatoms.